The Labute approximate surface area is 139 Å². The fourth-order valence-electron chi connectivity index (χ4n) is 2.75. The number of hydrogen-bond acceptors (Lipinski definition) is 4. The molecular formula is C17H20N2O3S. The van der Waals surface area contributed by atoms with E-state index in [1.54, 1.807) is 35.7 Å². The van der Waals surface area contributed by atoms with Crippen LogP contribution in [0, 0.1) is 0 Å². The lowest BCUT2D eigenvalue weighted by Gasteiger charge is -2.27. The van der Waals surface area contributed by atoms with Crippen molar-refractivity contribution in [2.75, 3.05) is 25.7 Å². The lowest BCUT2D eigenvalue weighted by Crippen LogP contribution is -2.47. The van der Waals surface area contributed by atoms with Crippen molar-refractivity contribution in [3.05, 3.63) is 36.1 Å². The SMILES string of the molecule is C[C@H](C(=O)N1CSC[C@H]1C(=O)N(C)C)c1cc2ccccc2o1. The monoisotopic (exact) mass is 332 g/mol. The summed E-state index contributed by atoms with van der Waals surface area (Å²) in [7, 11) is 3.44. The molecule has 0 saturated carbocycles. The lowest BCUT2D eigenvalue weighted by molar-refractivity contribution is -0.142. The number of likely N-dealkylation sites (N-methyl/N-ethyl adjacent to an activating group) is 1. The molecule has 1 aliphatic rings. The van der Waals surface area contributed by atoms with Gasteiger partial charge in [-0.2, -0.15) is 0 Å². The highest BCUT2D eigenvalue weighted by atomic mass is 32.2. The molecule has 0 radical (unpaired) electrons. The van der Waals surface area contributed by atoms with Gasteiger partial charge in [-0.3, -0.25) is 9.59 Å². The van der Waals surface area contributed by atoms with E-state index >= 15 is 0 Å². The zero-order chi connectivity index (χ0) is 16.6. The fraction of sp³-hybridized carbons (Fsp3) is 0.412. The van der Waals surface area contributed by atoms with E-state index in [1.807, 2.05) is 37.3 Å². The molecule has 0 spiro atoms. The summed E-state index contributed by atoms with van der Waals surface area (Å²) in [5.41, 5.74) is 0.777. The zero-order valence-electron chi connectivity index (χ0n) is 13.5. The third-order valence-corrected chi connectivity index (χ3v) is 5.15. The number of hydrogen-bond donors (Lipinski definition) is 0. The van der Waals surface area contributed by atoms with Crippen molar-refractivity contribution in [2.45, 2.75) is 18.9 Å². The minimum absolute atomic E-state index is 0.0276. The maximum absolute atomic E-state index is 12.8. The van der Waals surface area contributed by atoms with Gasteiger partial charge in [-0.05, 0) is 19.1 Å². The molecule has 1 fully saturated rings. The van der Waals surface area contributed by atoms with Crippen molar-refractivity contribution in [2.24, 2.45) is 0 Å². The molecule has 2 heterocycles. The van der Waals surface area contributed by atoms with Crippen molar-refractivity contribution < 1.29 is 14.0 Å². The quantitative estimate of drug-likeness (QED) is 0.867. The molecular weight excluding hydrogens is 312 g/mol. The molecule has 0 bridgehead atoms. The van der Waals surface area contributed by atoms with Gasteiger partial charge < -0.3 is 14.2 Å². The van der Waals surface area contributed by atoms with Gasteiger partial charge in [-0.25, -0.2) is 0 Å². The highest BCUT2D eigenvalue weighted by Crippen LogP contribution is 2.30. The van der Waals surface area contributed by atoms with Crippen LogP contribution in [0.15, 0.2) is 34.7 Å². The molecule has 2 atom stereocenters. The predicted molar refractivity (Wildman–Crippen MR) is 91.3 cm³/mol. The Balaban J connectivity index is 1.82. The Morgan fingerprint density at radius 1 is 1.35 bits per heavy atom. The fourth-order valence-corrected chi connectivity index (χ4v) is 3.90. The maximum Gasteiger partial charge on any atom is 0.245 e. The van der Waals surface area contributed by atoms with E-state index in [9.17, 15) is 9.59 Å². The zero-order valence-corrected chi connectivity index (χ0v) is 14.3. The molecule has 23 heavy (non-hydrogen) atoms. The topological polar surface area (TPSA) is 53.8 Å². The van der Waals surface area contributed by atoms with Gasteiger partial charge in [0.05, 0.1) is 11.8 Å². The third kappa shape index (κ3) is 2.95. The molecule has 0 unspecified atom stereocenters. The first-order valence-corrected chi connectivity index (χ1v) is 8.72. The van der Waals surface area contributed by atoms with Gasteiger partial charge in [0, 0.05) is 25.2 Å². The third-order valence-electron chi connectivity index (χ3n) is 4.13. The van der Waals surface area contributed by atoms with Gasteiger partial charge in [0.1, 0.15) is 17.4 Å². The molecule has 122 valence electrons. The molecule has 1 aliphatic heterocycles. The van der Waals surface area contributed by atoms with Crippen molar-refractivity contribution in [3.8, 4) is 0 Å². The number of nitrogens with zero attached hydrogens (tertiary/aromatic N) is 2. The standard InChI is InChI=1S/C17H20N2O3S/c1-11(15-8-12-6-4-5-7-14(12)22-15)16(20)19-10-23-9-13(19)17(21)18(2)3/h4-8,11,13H,9-10H2,1-3H3/t11-,13-/m0/s1. The number of amides is 2. The normalized spacial score (nSPS) is 19.1. The Morgan fingerprint density at radius 3 is 2.78 bits per heavy atom. The van der Waals surface area contributed by atoms with Crippen LogP contribution in [0.1, 0.15) is 18.6 Å². The van der Waals surface area contributed by atoms with Crippen LogP contribution in [0.2, 0.25) is 0 Å². The molecule has 1 saturated heterocycles. The Hall–Kier alpha value is -1.95. The maximum atomic E-state index is 12.8. The molecule has 5 nitrogen and oxygen atoms in total. The molecule has 2 amide bonds. The second kappa shape index (κ2) is 6.28. The first kappa shape index (κ1) is 15.9. The summed E-state index contributed by atoms with van der Waals surface area (Å²) in [6, 6.07) is 9.23. The first-order valence-electron chi connectivity index (χ1n) is 7.57. The van der Waals surface area contributed by atoms with Crippen LogP contribution in [-0.4, -0.2) is 53.4 Å². The summed E-state index contributed by atoms with van der Waals surface area (Å²) in [6.07, 6.45) is 0. The van der Waals surface area contributed by atoms with Gasteiger partial charge in [-0.1, -0.05) is 18.2 Å². The van der Waals surface area contributed by atoms with E-state index in [0.717, 1.165) is 11.0 Å². The highest BCUT2D eigenvalue weighted by Gasteiger charge is 2.38. The Bertz CT molecular complexity index is 707. The van der Waals surface area contributed by atoms with Crippen LogP contribution in [-0.2, 0) is 9.59 Å². The molecule has 1 aromatic carbocycles. The van der Waals surface area contributed by atoms with Crippen LogP contribution < -0.4 is 0 Å². The minimum atomic E-state index is -0.404. The van der Waals surface area contributed by atoms with Crippen LogP contribution in [0.3, 0.4) is 0 Å². The summed E-state index contributed by atoms with van der Waals surface area (Å²) in [5.74, 6) is 1.35. The van der Waals surface area contributed by atoms with Crippen molar-refractivity contribution in [1.82, 2.24) is 9.80 Å². The van der Waals surface area contributed by atoms with Gasteiger partial charge in [0.25, 0.3) is 0 Å². The van der Waals surface area contributed by atoms with Crippen LogP contribution >= 0.6 is 11.8 Å². The van der Waals surface area contributed by atoms with Crippen molar-refractivity contribution in [3.63, 3.8) is 0 Å². The number of furan rings is 1. The lowest BCUT2D eigenvalue weighted by atomic mass is 10.1. The van der Waals surface area contributed by atoms with Crippen molar-refractivity contribution in [1.29, 1.82) is 0 Å². The predicted octanol–water partition coefficient (Wildman–Crippen LogP) is 2.53. The molecule has 6 heteroatoms. The molecule has 0 aliphatic carbocycles. The summed E-state index contributed by atoms with van der Waals surface area (Å²) < 4.78 is 5.80. The smallest absolute Gasteiger partial charge is 0.245 e. The Morgan fingerprint density at radius 2 is 2.09 bits per heavy atom. The first-order chi connectivity index (χ1) is 11.0. The summed E-state index contributed by atoms with van der Waals surface area (Å²) in [4.78, 5) is 28.3. The van der Waals surface area contributed by atoms with Gasteiger partial charge in [-0.15, -0.1) is 11.8 Å². The number of thioether (sulfide) groups is 1. The van der Waals surface area contributed by atoms with Gasteiger partial charge in [0.2, 0.25) is 11.8 Å². The van der Waals surface area contributed by atoms with E-state index < -0.39 is 5.92 Å². The summed E-state index contributed by atoms with van der Waals surface area (Å²) in [6.45, 7) is 1.83. The summed E-state index contributed by atoms with van der Waals surface area (Å²) >= 11 is 1.61. The molecule has 3 rings (SSSR count). The largest absolute Gasteiger partial charge is 0.460 e. The van der Waals surface area contributed by atoms with Gasteiger partial charge in [0.15, 0.2) is 0 Å². The Kier molecular flexibility index (Phi) is 4.35. The van der Waals surface area contributed by atoms with E-state index in [2.05, 4.69) is 0 Å². The molecule has 0 N–H and O–H groups in total. The average molecular weight is 332 g/mol. The van der Waals surface area contributed by atoms with E-state index in [4.69, 9.17) is 4.42 Å². The van der Waals surface area contributed by atoms with Crippen molar-refractivity contribution >= 4 is 34.5 Å². The number of fused-ring (bicyclic) bond motifs is 1. The van der Waals surface area contributed by atoms with E-state index in [0.29, 0.717) is 17.4 Å². The number of benzene rings is 1. The number of carbonyl (C=O) groups excluding carboxylic acids is 2. The highest BCUT2D eigenvalue weighted by molar-refractivity contribution is 7.99. The molecule has 2 aromatic rings. The number of rotatable bonds is 3. The number of para-hydroxylation sites is 1. The van der Waals surface area contributed by atoms with E-state index in [1.165, 1.54) is 0 Å². The average Bonchev–Trinajstić information content (AvgIpc) is 3.18. The van der Waals surface area contributed by atoms with E-state index in [-0.39, 0.29) is 17.9 Å². The second-order valence-electron chi connectivity index (χ2n) is 5.96. The van der Waals surface area contributed by atoms with Gasteiger partial charge >= 0.3 is 0 Å². The summed E-state index contributed by atoms with van der Waals surface area (Å²) in [5, 5.41) is 0.985. The van der Waals surface area contributed by atoms with Crippen LogP contribution in [0.4, 0.5) is 0 Å². The van der Waals surface area contributed by atoms with Crippen LogP contribution in [0.5, 0.6) is 0 Å². The minimum Gasteiger partial charge on any atom is -0.460 e. The number of carbonyl (C=O) groups is 2. The second-order valence-corrected chi connectivity index (χ2v) is 6.96. The molecule has 1 aromatic heterocycles. The van der Waals surface area contributed by atoms with Crippen LogP contribution in [0.25, 0.3) is 11.0 Å².